The van der Waals surface area contributed by atoms with Crippen LogP contribution in [0.3, 0.4) is 0 Å². The molecule has 20 nitrogen and oxygen atoms in total. The van der Waals surface area contributed by atoms with Gasteiger partial charge in [-0.05, 0) is 84.6 Å². The zero-order valence-electron chi connectivity index (χ0n) is 41.1. The molecular formula is C53H48Cl2F2N10O10. The number of nitrogens with two attached hydrogens (primary N) is 2. The van der Waals surface area contributed by atoms with Crippen molar-refractivity contribution in [2.45, 2.75) is 24.9 Å². The van der Waals surface area contributed by atoms with Crippen LogP contribution in [0.15, 0.2) is 122 Å². The van der Waals surface area contributed by atoms with Gasteiger partial charge in [0.25, 0.3) is 11.8 Å². The maximum absolute atomic E-state index is 14.4. The van der Waals surface area contributed by atoms with Crippen molar-refractivity contribution < 1.29 is 56.7 Å². The van der Waals surface area contributed by atoms with E-state index in [0.29, 0.717) is 62.7 Å². The first-order valence-corrected chi connectivity index (χ1v) is 23.7. The monoisotopic (exact) mass is 1090 g/mol. The molecule has 0 bridgehead atoms. The van der Waals surface area contributed by atoms with Gasteiger partial charge in [-0.2, -0.15) is 0 Å². The van der Waals surface area contributed by atoms with Gasteiger partial charge in [-0.15, -0.1) is 0 Å². The first-order chi connectivity index (χ1) is 37.0. The lowest BCUT2D eigenvalue weighted by atomic mass is 10.1. The third-order valence-electron chi connectivity index (χ3n) is 11.2. The number of aliphatic carboxylic acids is 1. The number of carbonyl (C=O) groups excluding carboxylic acids is 3. The van der Waals surface area contributed by atoms with E-state index < -0.39 is 47.5 Å². The number of methoxy groups -OCH3 is 3. The quantitative estimate of drug-likeness (QED) is 0.0353. The molecule has 6 aromatic carbocycles. The Kier molecular flexibility index (Phi) is 18.8. The van der Waals surface area contributed by atoms with Gasteiger partial charge in [0.1, 0.15) is 36.4 Å². The number of nitrogens with one attached hydrogen (secondary N) is 4. The molecule has 9 N–H and O–H groups in total. The maximum atomic E-state index is 14.4. The molecule has 0 radical (unpaired) electrons. The third kappa shape index (κ3) is 14.7. The highest BCUT2D eigenvalue weighted by Gasteiger charge is 2.19. The number of hydrogen-bond acceptors (Lipinski definition) is 17. The molecule has 0 aliphatic rings. The number of amides is 2. The number of carboxylic acid groups (broad SMARTS) is 1. The van der Waals surface area contributed by atoms with E-state index in [9.17, 15) is 28.0 Å². The van der Waals surface area contributed by atoms with Gasteiger partial charge in [0.2, 0.25) is 0 Å². The Hall–Kier alpha value is -8.96. The molecule has 0 spiro atoms. The summed E-state index contributed by atoms with van der Waals surface area (Å²) in [6.07, 6.45) is 3.12. The molecule has 0 aliphatic carbocycles. The molecule has 0 unspecified atom stereocenters. The van der Waals surface area contributed by atoms with Gasteiger partial charge >= 0.3 is 11.9 Å². The highest BCUT2D eigenvalue weighted by Crippen LogP contribution is 2.37. The van der Waals surface area contributed by atoms with E-state index in [4.69, 9.17) is 58.7 Å². The largest absolute Gasteiger partial charge is 0.493 e. The number of ether oxygens (including phenoxy) is 5. The van der Waals surface area contributed by atoms with Crippen LogP contribution in [0.5, 0.6) is 23.0 Å². The Labute approximate surface area is 448 Å². The Bertz CT molecular complexity index is 3440. The number of esters is 1. The van der Waals surface area contributed by atoms with Gasteiger partial charge in [-0.3, -0.25) is 19.2 Å². The van der Waals surface area contributed by atoms with Crippen molar-refractivity contribution in [3.05, 3.63) is 155 Å². The van der Waals surface area contributed by atoms with Crippen LogP contribution in [-0.4, -0.2) is 95.4 Å². The van der Waals surface area contributed by atoms with Crippen molar-refractivity contribution in [2.75, 3.05) is 55.8 Å². The van der Waals surface area contributed by atoms with E-state index in [2.05, 4.69) is 45.9 Å². The number of nitrogens with zero attached hydrogens (tertiary/aromatic N) is 4. The van der Waals surface area contributed by atoms with Crippen molar-refractivity contribution >= 4 is 103 Å². The average molecular weight is 1090 g/mol. The molecule has 0 saturated heterocycles. The normalized spacial score (nSPS) is 11.5. The summed E-state index contributed by atoms with van der Waals surface area (Å²) in [5.74, 6) is -1.88. The number of fused-ring (bicyclic) bond motifs is 2. The summed E-state index contributed by atoms with van der Waals surface area (Å²) in [4.78, 5) is 64.4. The molecule has 2 heterocycles. The van der Waals surface area contributed by atoms with Crippen LogP contribution < -0.4 is 51.7 Å². The second-order valence-corrected chi connectivity index (χ2v) is 17.3. The molecule has 24 heteroatoms. The molecule has 0 saturated carbocycles. The molecule has 77 heavy (non-hydrogen) atoms. The minimum Gasteiger partial charge on any atom is -0.493 e. The first kappa shape index (κ1) is 55.8. The summed E-state index contributed by atoms with van der Waals surface area (Å²) >= 11 is 11.8. The molecule has 398 valence electrons. The van der Waals surface area contributed by atoms with Crippen molar-refractivity contribution in [2.24, 2.45) is 11.5 Å². The second-order valence-electron chi connectivity index (χ2n) is 16.5. The standard InChI is InChI=1S/C27H25ClFN5O5.C26H23ClFN5O5/c1-37-22-12-21-17(26(32-14-31-21)34-20-5-3-4-18(28)25(20)29)11-23(22)39-13-24(35)33-16-8-6-15(7-9-16)10-19(30)27(36)38-2;1-37-21-11-20-16(25(31-13-30-20)33-19-4-2-3-17(27)24(19)28)10-22(21)38-12-23(34)32-15-7-5-14(6-8-15)9-18(29)26(35)36/h3-9,11-12,14,19H,10,13,30H2,1-2H3,(H,33,35)(H,31,32,34);2-8,10-11,13,18H,9,12,29H2,1H3,(H,32,34)(H,35,36)(H,30,31,33)/t19-;18-/m00/s1. The van der Waals surface area contributed by atoms with Gasteiger partial charge in [0.05, 0.1) is 53.8 Å². The van der Waals surface area contributed by atoms with E-state index in [1.807, 2.05) is 0 Å². The molecule has 2 amide bonds. The van der Waals surface area contributed by atoms with Crippen molar-refractivity contribution in [3.63, 3.8) is 0 Å². The average Bonchev–Trinajstić information content (AvgIpc) is 3.43. The molecule has 8 aromatic rings. The van der Waals surface area contributed by atoms with Gasteiger partial charge in [0, 0.05) is 34.3 Å². The minimum atomic E-state index is -1.09. The summed E-state index contributed by atoms with van der Waals surface area (Å²) in [7, 11) is 4.19. The van der Waals surface area contributed by atoms with Gasteiger partial charge in [0.15, 0.2) is 47.8 Å². The first-order valence-electron chi connectivity index (χ1n) is 23.0. The highest BCUT2D eigenvalue weighted by molar-refractivity contribution is 6.31. The fourth-order valence-electron chi connectivity index (χ4n) is 7.29. The number of aromatic nitrogens is 4. The SMILES string of the molecule is COC(=O)[C@@H](N)Cc1ccc(NC(=O)COc2cc3c(Nc4cccc(Cl)c4F)ncnc3cc2OC)cc1.COc1cc2ncnc(Nc3cccc(Cl)c3F)c2cc1OCC(=O)Nc1ccc(C[C@H](N)C(=O)O)cc1. The van der Waals surface area contributed by atoms with Crippen molar-refractivity contribution in [3.8, 4) is 23.0 Å². The highest BCUT2D eigenvalue weighted by atomic mass is 35.5. The number of anilines is 6. The summed E-state index contributed by atoms with van der Waals surface area (Å²) < 4.78 is 55.8. The maximum Gasteiger partial charge on any atom is 0.322 e. The summed E-state index contributed by atoms with van der Waals surface area (Å²) in [5.41, 5.74) is 15.2. The minimum absolute atomic E-state index is 0.0329. The zero-order valence-corrected chi connectivity index (χ0v) is 42.6. The van der Waals surface area contributed by atoms with E-state index in [1.54, 1.807) is 84.9 Å². The number of hydrogen-bond donors (Lipinski definition) is 7. The number of benzene rings is 6. The molecular weight excluding hydrogens is 1050 g/mol. The lowest BCUT2D eigenvalue weighted by molar-refractivity contribution is -0.142. The van der Waals surface area contributed by atoms with Crippen LogP contribution >= 0.6 is 23.2 Å². The summed E-state index contributed by atoms with van der Waals surface area (Å²) in [6, 6.07) is 27.3. The molecule has 2 atom stereocenters. The van der Waals surface area contributed by atoms with Crippen LogP contribution in [0, 0.1) is 11.6 Å². The summed E-state index contributed by atoms with van der Waals surface area (Å²) in [5, 5.41) is 21.1. The van der Waals surface area contributed by atoms with Crippen LogP contribution in [-0.2, 0) is 36.8 Å². The lowest BCUT2D eigenvalue weighted by Gasteiger charge is -2.14. The van der Waals surface area contributed by atoms with Crippen LogP contribution in [0.4, 0.5) is 43.2 Å². The molecule has 8 rings (SSSR count). The predicted octanol–water partition coefficient (Wildman–Crippen LogP) is 8.38. The topological polar surface area (TPSA) is 286 Å². The van der Waals surface area contributed by atoms with Crippen LogP contribution in [0.1, 0.15) is 11.1 Å². The van der Waals surface area contributed by atoms with Crippen LogP contribution in [0.2, 0.25) is 10.0 Å². The predicted molar refractivity (Wildman–Crippen MR) is 286 cm³/mol. The van der Waals surface area contributed by atoms with Gasteiger partial charge < -0.3 is 61.5 Å². The second kappa shape index (κ2) is 26.0. The van der Waals surface area contributed by atoms with Crippen molar-refractivity contribution in [1.29, 1.82) is 0 Å². The van der Waals surface area contributed by atoms with E-state index in [-0.39, 0.29) is 52.6 Å². The molecule has 0 fully saturated rings. The fourth-order valence-corrected chi connectivity index (χ4v) is 7.64. The molecule has 0 aliphatic heterocycles. The van der Waals surface area contributed by atoms with E-state index in [0.717, 1.165) is 11.1 Å². The summed E-state index contributed by atoms with van der Waals surface area (Å²) in [6.45, 7) is -0.664. The van der Waals surface area contributed by atoms with E-state index >= 15 is 0 Å². The number of halogens is 4. The molecule has 2 aromatic heterocycles. The Morgan fingerprint density at radius 1 is 0.584 bits per heavy atom. The van der Waals surface area contributed by atoms with Gasteiger partial charge in [-0.1, -0.05) is 59.6 Å². The number of carboxylic acids is 1. The van der Waals surface area contributed by atoms with E-state index in [1.165, 1.54) is 58.2 Å². The zero-order chi connectivity index (χ0) is 55.2. The number of rotatable bonds is 20. The van der Waals surface area contributed by atoms with Crippen LogP contribution in [0.25, 0.3) is 21.8 Å². The Morgan fingerprint density at radius 3 is 1.39 bits per heavy atom. The Balaban J connectivity index is 0.000000224. The van der Waals surface area contributed by atoms with Crippen molar-refractivity contribution in [1.82, 2.24) is 19.9 Å². The lowest BCUT2D eigenvalue weighted by Crippen LogP contribution is -2.33. The van der Waals surface area contributed by atoms with Gasteiger partial charge in [-0.25, -0.2) is 28.7 Å². The smallest absolute Gasteiger partial charge is 0.322 e. The Morgan fingerprint density at radius 2 is 1.00 bits per heavy atom. The third-order valence-corrected chi connectivity index (χ3v) is 11.8. The number of carbonyl (C=O) groups is 4. The fraction of sp³-hybridized carbons (Fsp3) is 0.170.